The van der Waals surface area contributed by atoms with Crippen LogP contribution in [0.5, 0.6) is 5.75 Å². The van der Waals surface area contributed by atoms with Gasteiger partial charge in [-0.2, -0.15) is 5.26 Å². The van der Waals surface area contributed by atoms with E-state index in [0.717, 1.165) is 12.1 Å². The lowest BCUT2D eigenvalue weighted by molar-refractivity contribution is 0.0594. The van der Waals surface area contributed by atoms with Crippen LogP contribution in [0.15, 0.2) is 65.5 Å². The van der Waals surface area contributed by atoms with Crippen LogP contribution in [-0.4, -0.2) is 41.5 Å². The zero-order valence-corrected chi connectivity index (χ0v) is 19.2. The third-order valence-electron chi connectivity index (χ3n) is 6.75. The molecule has 0 radical (unpaired) electrons. The van der Waals surface area contributed by atoms with Gasteiger partial charge in [0.2, 0.25) is 0 Å². The highest BCUT2D eigenvalue weighted by Crippen LogP contribution is 2.36. The maximum absolute atomic E-state index is 13.2. The van der Waals surface area contributed by atoms with Crippen LogP contribution in [0.3, 0.4) is 0 Å². The number of nitrogens with zero attached hydrogens (tertiary/aromatic N) is 3. The highest BCUT2D eigenvalue weighted by atomic mass is 16.5. The Hall–Kier alpha value is -4.38. The zero-order chi connectivity index (χ0) is 24.5. The summed E-state index contributed by atoms with van der Waals surface area (Å²) in [6.07, 6.45) is 0.919. The van der Waals surface area contributed by atoms with Gasteiger partial charge < -0.3 is 19.5 Å². The van der Waals surface area contributed by atoms with Gasteiger partial charge in [0.25, 0.3) is 17.4 Å². The second kappa shape index (κ2) is 9.11. The summed E-state index contributed by atoms with van der Waals surface area (Å²) in [7, 11) is 1.59. The van der Waals surface area contributed by atoms with Crippen LogP contribution in [0.4, 0.5) is 5.69 Å². The number of aromatic nitrogens is 1. The smallest absolute Gasteiger partial charge is 0.274 e. The van der Waals surface area contributed by atoms with Crippen LogP contribution >= 0.6 is 0 Å². The summed E-state index contributed by atoms with van der Waals surface area (Å²) in [6.45, 7) is 1.62. The Bertz CT molecular complexity index is 1390. The summed E-state index contributed by atoms with van der Waals surface area (Å²) in [5.41, 5.74) is 2.30. The molecule has 0 saturated carbocycles. The molecule has 35 heavy (non-hydrogen) atoms. The van der Waals surface area contributed by atoms with Crippen molar-refractivity contribution >= 4 is 17.5 Å². The Morgan fingerprint density at radius 1 is 0.971 bits per heavy atom. The standard InChI is InChI=1S/C27H24N4O4/c1-35-22-8-6-20(7-9-22)26(33)30-14-18-12-21(16-30)24-11-10-23(27(34)31(24)15-18)29-25(32)19-4-2-17(13-28)3-5-19/h2-11,18,21H,12,14-16H2,1H3,(H,29,32)/t18-,21+/m0/s1. The van der Waals surface area contributed by atoms with Crippen molar-refractivity contribution in [2.45, 2.75) is 18.9 Å². The van der Waals surface area contributed by atoms with E-state index >= 15 is 0 Å². The average Bonchev–Trinajstić information content (AvgIpc) is 2.90. The fraction of sp³-hybridized carbons (Fsp3) is 0.259. The number of carbonyl (C=O) groups is 2. The van der Waals surface area contributed by atoms with Crippen molar-refractivity contribution < 1.29 is 14.3 Å². The lowest BCUT2D eigenvalue weighted by Crippen LogP contribution is -2.49. The molecule has 5 rings (SSSR count). The van der Waals surface area contributed by atoms with Gasteiger partial charge in [-0.05, 0) is 73.0 Å². The number of hydrogen-bond donors (Lipinski definition) is 1. The first-order valence-electron chi connectivity index (χ1n) is 11.5. The maximum Gasteiger partial charge on any atom is 0.274 e. The van der Waals surface area contributed by atoms with Crippen molar-refractivity contribution in [2.75, 3.05) is 25.5 Å². The van der Waals surface area contributed by atoms with Gasteiger partial charge in [-0.15, -0.1) is 0 Å². The number of fused-ring (bicyclic) bond motifs is 4. The fourth-order valence-electron chi connectivity index (χ4n) is 5.01. The Morgan fingerprint density at radius 2 is 1.69 bits per heavy atom. The summed E-state index contributed by atoms with van der Waals surface area (Å²) < 4.78 is 6.92. The molecule has 8 heteroatoms. The minimum atomic E-state index is -0.403. The second-order valence-electron chi connectivity index (χ2n) is 8.97. The summed E-state index contributed by atoms with van der Waals surface area (Å²) in [4.78, 5) is 40.8. The lowest BCUT2D eigenvalue weighted by atomic mass is 9.83. The number of anilines is 1. The van der Waals surface area contributed by atoms with E-state index in [9.17, 15) is 14.4 Å². The van der Waals surface area contributed by atoms with Gasteiger partial charge >= 0.3 is 0 Å². The van der Waals surface area contributed by atoms with Gasteiger partial charge in [0.1, 0.15) is 11.4 Å². The first kappa shape index (κ1) is 22.4. The molecule has 0 spiro atoms. The topological polar surface area (TPSA) is 104 Å². The highest BCUT2D eigenvalue weighted by Gasteiger charge is 2.37. The predicted octanol–water partition coefficient (Wildman–Crippen LogP) is 3.24. The number of ether oxygens (including phenoxy) is 1. The van der Waals surface area contributed by atoms with Crippen molar-refractivity contribution in [2.24, 2.45) is 5.92 Å². The molecule has 1 N–H and O–H groups in total. The van der Waals surface area contributed by atoms with Gasteiger partial charge in [-0.3, -0.25) is 14.4 Å². The fourth-order valence-corrected chi connectivity index (χ4v) is 5.01. The predicted molar refractivity (Wildman–Crippen MR) is 130 cm³/mol. The van der Waals surface area contributed by atoms with Crippen LogP contribution in [0.25, 0.3) is 0 Å². The molecule has 1 saturated heterocycles. The highest BCUT2D eigenvalue weighted by molar-refractivity contribution is 6.04. The number of amides is 2. The third kappa shape index (κ3) is 4.28. The van der Waals surface area contributed by atoms with Crippen molar-refractivity contribution in [3.8, 4) is 11.8 Å². The van der Waals surface area contributed by atoms with Gasteiger partial charge in [-0.25, -0.2) is 0 Å². The summed E-state index contributed by atoms with van der Waals surface area (Å²) >= 11 is 0. The molecule has 8 nitrogen and oxygen atoms in total. The number of likely N-dealkylation sites (tertiary alicyclic amines) is 1. The number of carbonyl (C=O) groups excluding carboxylic acids is 2. The van der Waals surface area contributed by atoms with Gasteiger partial charge in [0, 0.05) is 42.4 Å². The molecule has 0 aliphatic carbocycles. The van der Waals surface area contributed by atoms with Crippen LogP contribution in [0.1, 0.15) is 44.3 Å². The average molecular weight is 469 g/mol. The third-order valence-corrected chi connectivity index (χ3v) is 6.75. The number of nitrogens with one attached hydrogen (secondary N) is 1. The zero-order valence-electron chi connectivity index (χ0n) is 19.2. The molecular weight excluding hydrogens is 444 g/mol. The van der Waals surface area contributed by atoms with E-state index in [0.29, 0.717) is 42.1 Å². The number of nitriles is 1. The van der Waals surface area contributed by atoms with E-state index in [-0.39, 0.29) is 29.0 Å². The Kier molecular flexibility index (Phi) is 5.83. The van der Waals surface area contributed by atoms with E-state index in [1.165, 1.54) is 0 Å². The SMILES string of the molecule is COc1ccc(C(=O)N2C[C@@H]3C[C@H](C2)c2ccc(NC(=O)c4ccc(C#N)cc4)c(=O)n2C3)cc1. The number of pyridine rings is 1. The molecule has 3 heterocycles. The van der Waals surface area contributed by atoms with E-state index in [4.69, 9.17) is 10.00 Å². The molecule has 1 aromatic heterocycles. The monoisotopic (exact) mass is 468 g/mol. The summed E-state index contributed by atoms with van der Waals surface area (Å²) in [5, 5.41) is 11.6. The summed E-state index contributed by atoms with van der Waals surface area (Å²) in [6, 6.07) is 18.9. The molecule has 2 amide bonds. The first-order chi connectivity index (χ1) is 17.0. The van der Waals surface area contributed by atoms with Crippen molar-refractivity contribution in [3.05, 3.63) is 93.4 Å². The molecule has 0 unspecified atom stereocenters. The normalized spacial score (nSPS) is 18.2. The number of rotatable bonds is 4. The quantitative estimate of drug-likeness (QED) is 0.633. The second-order valence-corrected chi connectivity index (χ2v) is 8.97. The van der Waals surface area contributed by atoms with Crippen LogP contribution in [0.2, 0.25) is 0 Å². The van der Waals surface area contributed by atoms with Gasteiger partial charge in [0.15, 0.2) is 0 Å². The van der Waals surface area contributed by atoms with E-state index in [2.05, 4.69) is 5.32 Å². The van der Waals surface area contributed by atoms with Crippen molar-refractivity contribution in [1.82, 2.24) is 9.47 Å². The van der Waals surface area contributed by atoms with Gasteiger partial charge in [0.05, 0.1) is 18.7 Å². The number of piperidine rings is 1. The molecule has 3 aromatic rings. The van der Waals surface area contributed by atoms with Crippen LogP contribution < -0.4 is 15.6 Å². The maximum atomic E-state index is 13.2. The Labute approximate surface area is 202 Å². The van der Waals surface area contributed by atoms with E-state index < -0.39 is 5.91 Å². The molecule has 2 bridgehead atoms. The Balaban J connectivity index is 1.34. The number of hydrogen-bond acceptors (Lipinski definition) is 5. The summed E-state index contributed by atoms with van der Waals surface area (Å²) in [5.74, 6) is 0.489. The van der Waals surface area contributed by atoms with Crippen LogP contribution in [0, 0.1) is 17.2 Å². The lowest BCUT2D eigenvalue weighted by Gasteiger charge is -2.43. The minimum absolute atomic E-state index is 0.0237. The van der Waals surface area contributed by atoms with Crippen molar-refractivity contribution in [3.63, 3.8) is 0 Å². The number of methoxy groups -OCH3 is 1. The molecule has 176 valence electrons. The number of benzene rings is 2. The largest absolute Gasteiger partial charge is 0.497 e. The minimum Gasteiger partial charge on any atom is -0.497 e. The first-order valence-corrected chi connectivity index (χ1v) is 11.5. The Morgan fingerprint density at radius 3 is 2.37 bits per heavy atom. The van der Waals surface area contributed by atoms with Crippen LogP contribution in [-0.2, 0) is 6.54 Å². The molecule has 2 aromatic carbocycles. The molecule has 2 aliphatic heterocycles. The molecular formula is C27H24N4O4. The molecule has 1 fully saturated rings. The van der Waals surface area contributed by atoms with Crippen molar-refractivity contribution in [1.29, 1.82) is 5.26 Å². The molecule has 2 aliphatic rings. The molecule has 2 atom stereocenters. The van der Waals surface area contributed by atoms with E-state index in [1.807, 2.05) is 17.0 Å². The van der Waals surface area contributed by atoms with Gasteiger partial charge in [-0.1, -0.05) is 0 Å². The van der Waals surface area contributed by atoms with E-state index in [1.54, 1.807) is 66.3 Å².